The van der Waals surface area contributed by atoms with Crippen LogP contribution in [0.1, 0.15) is 45.6 Å². The number of rotatable bonds is 13. The van der Waals surface area contributed by atoms with E-state index in [1.165, 1.54) is 17.0 Å². The Bertz CT molecular complexity index is 1100. The van der Waals surface area contributed by atoms with Crippen LogP contribution < -0.4 is 21.6 Å². The normalized spacial score (nSPS) is 19.5. The van der Waals surface area contributed by atoms with Crippen molar-refractivity contribution in [2.24, 2.45) is 0 Å². The van der Waals surface area contributed by atoms with E-state index in [0.29, 0.717) is 18.3 Å². The van der Waals surface area contributed by atoms with E-state index in [0.717, 1.165) is 32.5 Å². The molecule has 0 aromatic carbocycles. The number of carboxylic acids is 1. The highest BCUT2D eigenvalue weighted by Gasteiger charge is 2.34. The minimum atomic E-state index is -1.21. The maximum atomic E-state index is 13.2. The van der Waals surface area contributed by atoms with Crippen molar-refractivity contribution in [2.45, 2.75) is 57.7 Å². The van der Waals surface area contributed by atoms with E-state index in [4.69, 9.17) is 10.8 Å². The number of Topliss-reactive ketones (excluding diaryl/α,β-unsaturated/α-hetero) is 1. The van der Waals surface area contributed by atoms with Gasteiger partial charge in [0.25, 0.3) is 5.56 Å². The third-order valence-corrected chi connectivity index (χ3v) is 6.94. The molecule has 3 rings (SSSR count). The molecule has 0 radical (unpaired) electrons. The lowest BCUT2D eigenvalue weighted by Crippen LogP contribution is -2.54. The minimum absolute atomic E-state index is 0.0120. The zero-order valence-corrected chi connectivity index (χ0v) is 21.4. The summed E-state index contributed by atoms with van der Waals surface area (Å²) in [7, 11) is 0. The van der Waals surface area contributed by atoms with Crippen LogP contribution in [0, 0.1) is 5.41 Å². The summed E-state index contributed by atoms with van der Waals surface area (Å²) in [5, 5.41) is 28.1. The fourth-order valence-electron chi connectivity index (χ4n) is 4.83. The van der Waals surface area contributed by atoms with E-state index in [1.54, 1.807) is 13.8 Å². The van der Waals surface area contributed by atoms with E-state index in [1.807, 2.05) is 4.90 Å². The monoisotopic (exact) mass is 517 g/mol. The van der Waals surface area contributed by atoms with Crippen LogP contribution >= 0.6 is 0 Å². The van der Waals surface area contributed by atoms with Gasteiger partial charge < -0.3 is 15.7 Å². The van der Waals surface area contributed by atoms with Gasteiger partial charge >= 0.3 is 5.97 Å². The molecule has 1 amide bonds. The van der Waals surface area contributed by atoms with Crippen LogP contribution in [0.25, 0.3) is 0 Å². The molecule has 1 aromatic rings. The summed E-state index contributed by atoms with van der Waals surface area (Å²) in [5.41, 5.74) is -0.179. The predicted octanol–water partition coefficient (Wildman–Crippen LogP) is -1.85. The summed E-state index contributed by atoms with van der Waals surface area (Å²) >= 11 is 0. The van der Waals surface area contributed by atoms with Gasteiger partial charge in [0.2, 0.25) is 5.91 Å². The second-order valence-corrected chi connectivity index (χ2v) is 9.62. The number of aromatic nitrogens is 2. The molecular formula is C24H37N8O5+. The Balaban J connectivity index is 1.70. The van der Waals surface area contributed by atoms with Gasteiger partial charge in [-0.25, -0.2) is 4.98 Å². The van der Waals surface area contributed by atoms with Gasteiger partial charge in [-0.05, 0) is 25.8 Å². The number of carboxylic acid groups (broad SMARTS) is 1. The molecular weight excluding hydrogens is 480 g/mol. The fourth-order valence-corrected chi connectivity index (χ4v) is 4.83. The van der Waals surface area contributed by atoms with Crippen molar-refractivity contribution in [1.29, 1.82) is 5.41 Å². The first-order chi connectivity index (χ1) is 17.6. The molecule has 1 aromatic heterocycles. The van der Waals surface area contributed by atoms with Gasteiger partial charge in [-0.3, -0.25) is 44.4 Å². The first kappa shape index (κ1) is 28.1. The fraction of sp³-hybridized carbons (Fsp3) is 0.625. The van der Waals surface area contributed by atoms with Gasteiger partial charge in [-0.15, -0.1) is 0 Å². The van der Waals surface area contributed by atoms with Crippen molar-refractivity contribution >= 4 is 34.9 Å². The molecule has 3 unspecified atom stereocenters. The maximum absolute atomic E-state index is 13.2. The third kappa shape index (κ3) is 7.29. The number of piperazine rings is 1. The standard InChI is InChI=1S/C24H36N8O5/c1-3-19(32-8-6-27-22(24(32)37)28-12-17(26)15(2)25)23(36)29-18(11-21(34)35)20(33)14-30-9-10-31-7-4-5-16(31)13-30/h6,8,16,18-19,25-26H,3-5,7,9-14H2,1-2H3,(H,27,28)(H,29,36)(H,34,35)/p+1. The van der Waals surface area contributed by atoms with Gasteiger partial charge in [0.15, 0.2) is 17.3 Å². The number of ketones is 1. The van der Waals surface area contributed by atoms with Gasteiger partial charge in [-0.2, -0.15) is 0 Å². The van der Waals surface area contributed by atoms with E-state index in [9.17, 15) is 24.3 Å². The van der Waals surface area contributed by atoms with Crippen LogP contribution in [0.15, 0.2) is 17.2 Å². The molecule has 202 valence electrons. The largest absolute Gasteiger partial charge is 0.481 e. The molecule has 2 saturated heterocycles. The molecule has 2 aliphatic heterocycles. The van der Waals surface area contributed by atoms with E-state index < -0.39 is 35.9 Å². The number of nitrogens with zero attached hydrogens (tertiary/aromatic N) is 4. The second-order valence-electron chi connectivity index (χ2n) is 9.62. The number of amides is 1. The molecule has 0 spiro atoms. The number of fused-ring (bicyclic) bond motifs is 1. The van der Waals surface area contributed by atoms with E-state index in [2.05, 4.69) is 20.5 Å². The Labute approximate surface area is 215 Å². The summed E-state index contributed by atoms with van der Waals surface area (Å²) in [6, 6.07) is -1.78. The Morgan fingerprint density at radius 2 is 2.05 bits per heavy atom. The van der Waals surface area contributed by atoms with Crippen LogP contribution in [0.4, 0.5) is 5.82 Å². The summed E-state index contributed by atoms with van der Waals surface area (Å²) in [4.78, 5) is 59.2. The lowest BCUT2D eigenvalue weighted by Gasteiger charge is -2.37. The second kappa shape index (κ2) is 12.7. The molecule has 0 bridgehead atoms. The predicted molar refractivity (Wildman–Crippen MR) is 137 cm³/mol. The molecule has 6 N–H and O–H groups in total. The van der Waals surface area contributed by atoms with Crippen LogP contribution in [-0.4, -0.2) is 105 Å². The van der Waals surface area contributed by atoms with Gasteiger partial charge in [0, 0.05) is 45.0 Å². The Morgan fingerprint density at radius 1 is 1.30 bits per heavy atom. The summed E-state index contributed by atoms with van der Waals surface area (Å²) in [6.45, 7) is 6.74. The zero-order valence-electron chi connectivity index (χ0n) is 21.4. The van der Waals surface area contributed by atoms with Crippen molar-refractivity contribution in [3.63, 3.8) is 0 Å². The molecule has 0 saturated carbocycles. The number of nitrogens with one attached hydrogen (secondary N) is 3. The number of nitrogens with two attached hydrogens (primary N) is 1. The first-order valence-corrected chi connectivity index (χ1v) is 12.6. The molecule has 13 nitrogen and oxygen atoms in total. The van der Waals surface area contributed by atoms with Crippen LogP contribution in [0.2, 0.25) is 0 Å². The summed E-state index contributed by atoms with van der Waals surface area (Å²) in [6.07, 6.45) is 4.62. The van der Waals surface area contributed by atoms with Crippen molar-refractivity contribution in [3.8, 4) is 0 Å². The summed E-state index contributed by atoms with van der Waals surface area (Å²) < 4.78 is 1.19. The highest BCUT2D eigenvalue weighted by molar-refractivity contribution is 6.38. The average molecular weight is 518 g/mol. The van der Waals surface area contributed by atoms with Crippen molar-refractivity contribution in [1.82, 2.24) is 24.7 Å². The SMILES string of the molecule is CCC(C(=O)NC(CC(=O)O)C(=O)CN1CCN2CCCC2C1)n1ccnc(NCC(=N)C(C)=[NH2+])c1=O. The lowest BCUT2D eigenvalue weighted by molar-refractivity contribution is -0.140. The average Bonchev–Trinajstić information content (AvgIpc) is 3.31. The van der Waals surface area contributed by atoms with Crippen molar-refractivity contribution in [2.75, 3.05) is 44.6 Å². The Morgan fingerprint density at radius 3 is 2.73 bits per heavy atom. The van der Waals surface area contributed by atoms with Crippen molar-refractivity contribution < 1.29 is 24.9 Å². The smallest absolute Gasteiger partial charge is 0.305 e. The Kier molecular flexibility index (Phi) is 9.64. The minimum Gasteiger partial charge on any atom is -0.481 e. The number of hydrogen-bond donors (Lipinski definition) is 5. The van der Waals surface area contributed by atoms with Gasteiger partial charge in [0.05, 0.1) is 25.6 Å². The molecule has 13 heteroatoms. The summed E-state index contributed by atoms with van der Waals surface area (Å²) in [5.74, 6) is -2.24. The van der Waals surface area contributed by atoms with Crippen LogP contribution in [-0.2, 0) is 14.4 Å². The van der Waals surface area contributed by atoms with Gasteiger partial charge in [-0.1, -0.05) is 6.92 Å². The molecule has 3 heterocycles. The van der Waals surface area contributed by atoms with Crippen LogP contribution in [0.3, 0.4) is 0 Å². The number of aliphatic carboxylic acids is 1. The van der Waals surface area contributed by atoms with Crippen LogP contribution in [0.5, 0.6) is 0 Å². The molecule has 2 fully saturated rings. The molecule has 37 heavy (non-hydrogen) atoms. The van der Waals surface area contributed by atoms with E-state index in [-0.39, 0.29) is 36.8 Å². The maximum Gasteiger partial charge on any atom is 0.305 e. The molecule has 3 atom stereocenters. The highest BCUT2D eigenvalue weighted by atomic mass is 16.4. The number of carbonyl (C=O) groups excluding carboxylic acids is 2. The van der Waals surface area contributed by atoms with Gasteiger partial charge in [0.1, 0.15) is 11.8 Å². The number of anilines is 1. The quantitative estimate of drug-likeness (QED) is 0.187. The van der Waals surface area contributed by atoms with Crippen molar-refractivity contribution in [3.05, 3.63) is 22.7 Å². The number of carbonyl (C=O) groups is 3. The molecule has 2 aliphatic rings. The topological polar surface area (TPSA) is 186 Å². The van der Waals surface area contributed by atoms with E-state index >= 15 is 0 Å². The zero-order chi connectivity index (χ0) is 27.1. The highest BCUT2D eigenvalue weighted by Crippen LogP contribution is 2.21. The lowest BCUT2D eigenvalue weighted by atomic mass is 10.1. The Hall–Kier alpha value is -3.45. The number of hydrogen-bond acceptors (Lipinski definition) is 9. The first-order valence-electron chi connectivity index (χ1n) is 12.6. The third-order valence-electron chi connectivity index (χ3n) is 6.94. The molecule has 0 aliphatic carbocycles.